The Morgan fingerprint density at radius 1 is 1.24 bits per heavy atom. The Kier molecular flexibility index (Phi) is 2.14. The van der Waals surface area contributed by atoms with Gasteiger partial charge in [-0.15, -0.1) is 0 Å². The maximum absolute atomic E-state index is 11.9. The zero-order valence-corrected chi connectivity index (χ0v) is 10.1. The summed E-state index contributed by atoms with van der Waals surface area (Å²) < 4.78 is 29.3. The Balaban J connectivity index is 2.46. The molecule has 0 saturated heterocycles. The lowest BCUT2D eigenvalue weighted by Gasteiger charge is -2.08. The predicted octanol–water partition coefficient (Wildman–Crippen LogP) is 2.25. The van der Waals surface area contributed by atoms with Crippen LogP contribution in [0.3, 0.4) is 0 Å². The van der Waals surface area contributed by atoms with Crippen LogP contribution in [0.2, 0.25) is 5.02 Å². The molecule has 0 atom stereocenters. The highest BCUT2D eigenvalue weighted by atomic mass is 35.5. The van der Waals surface area contributed by atoms with Crippen LogP contribution in [0, 0.1) is 0 Å². The molecule has 0 radical (unpaired) electrons. The molecule has 0 amide bonds. The molecule has 0 saturated carbocycles. The highest BCUT2D eigenvalue weighted by Crippen LogP contribution is 2.28. The van der Waals surface area contributed by atoms with E-state index in [1.165, 1.54) is 12.3 Å². The zero-order chi connectivity index (χ0) is 12.0. The van der Waals surface area contributed by atoms with Crippen molar-refractivity contribution < 1.29 is 8.42 Å². The Morgan fingerprint density at radius 3 is 2.88 bits per heavy atom. The maximum Gasteiger partial charge on any atom is 0.284 e. The lowest BCUT2D eigenvalue weighted by molar-refractivity contribution is 0.598. The van der Waals surface area contributed by atoms with Crippen molar-refractivity contribution >= 4 is 27.8 Å². The molecule has 0 unspecified atom stereocenters. The van der Waals surface area contributed by atoms with E-state index in [-0.39, 0.29) is 4.90 Å². The molecule has 2 heterocycles. The van der Waals surface area contributed by atoms with Gasteiger partial charge in [0.25, 0.3) is 10.0 Å². The van der Waals surface area contributed by atoms with Gasteiger partial charge in [0.2, 0.25) is 0 Å². The van der Waals surface area contributed by atoms with Gasteiger partial charge < -0.3 is 4.57 Å². The van der Waals surface area contributed by atoms with E-state index in [0.717, 1.165) is 5.69 Å². The summed E-state index contributed by atoms with van der Waals surface area (Å²) in [6.07, 6.45) is 3.12. The molecule has 6 heteroatoms. The monoisotopic (exact) mass is 266 g/mol. The highest BCUT2D eigenvalue weighted by molar-refractivity contribution is 7.90. The van der Waals surface area contributed by atoms with E-state index in [9.17, 15) is 8.42 Å². The summed E-state index contributed by atoms with van der Waals surface area (Å²) in [7, 11) is -3.67. The summed E-state index contributed by atoms with van der Waals surface area (Å²) in [6, 6.07) is 8.37. The first-order valence-electron chi connectivity index (χ1n) is 4.85. The first-order chi connectivity index (χ1) is 8.08. The van der Waals surface area contributed by atoms with Gasteiger partial charge in [-0.1, -0.05) is 11.6 Å². The molecule has 2 aromatic rings. The molecule has 86 valence electrons. The van der Waals surface area contributed by atoms with Gasteiger partial charge in [0.15, 0.2) is 0 Å². The molecule has 0 aliphatic carbocycles. The smallest absolute Gasteiger partial charge is 0.284 e. The molecule has 1 aromatic heterocycles. The SMILES string of the molecule is O=S1(=O)N=Cc2cccn2-c2ccc(Cl)cc21. The fourth-order valence-corrected chi connectivity index (χ4v) is 3.10. The second kappa shape index (κ2) is 3.45. The standard InChI is InChI=1S/C11H7ClN2O2S/c12-8-3-4-10-11(6-8)17(15,16)13-7-9-2-1-5-14(9)10/h1-7H. The molecular formula is C11H7ClN2O2S. The van der Waals surface area contributed by atoms with E-state index in [1.54, 1.807) is 29.0 Å². The first kappa shape index (κ1) is 10.6. The molecule has 0 bridgehead atoms. The quantitative estimate of drug-likeness (QED) is 0.734. The summed E-state index contributed by atoms with van der Waals surface area (Å²) >= 11 is 5.83. The van der Waals surface area contributed by atoms with Crippen molar-refractivity contribution in [1.82, 2.24) is 4.57 Å². The molecule has 4 nitrogen and oxygen atoms in total. The average molecular weight is 267 g/mol. The van der Waals surface area contributed by atoms with E-state index < -0.39 is 10.0 Å². The number of sulfonamides is 1. The molecule has 3 rings (SSSR count). The summed E-state index contributed by atoms with van der Waals surface area (Å²) in [5, 5.41) is 0.373. The van der Waals surface area contributed by atoms with Crippen molar-refractivity contribution in [2.75, 3.05) is 0 Å². The summed E-state index contributed by atoms with van der Waals surface area (Å²) in [6.45, 7) is 0. The van der Waals surface area contributed by atoms with Crippen molar-refractivity contribution in [2.24, 2.45) is 4.40 Å². The van der Waals surface area contributed by atoms with Gasteiger partial charge in [-0.3, -0.25) is 0 Å². The van der Waals surface area contributed by atoms with E-state index in [1.807, 2.05) is 6.07 Å². The number of nitrogens with zero attached hydrogens (tertiary/aromatic N) is 2. The van der Waals surface area contributed by atoms with E-state index in [4.69, 9.17) is 11.6 Å². The lowest BCUT2D eigenvalue weighted by atomic mass is 10.3. The third-order valence-corrected chi connectivity index (χ3v) is 4.06. The van der Waals surface area contributed by atoms with E-state index >= 15 is 0 Å². The molecule has 17 heavy (non-hydrogen) atoms. The van der Waals surface area contributed by atoms with Crippen LogP contribution < -0.4 is 0 Å². The third-order valence-electron chi connectivity index (χ3n) is 2.56. The Hall–Kier alpha value is -1.59. The van der Waals surface area contributed by atoms with Crippen LogP contribution in [-0.4, -0.2) is 19.2 Å². The number of rotatable bonds is 0. The fourth-order valence-electron chi connectivity index (χ4n) is 1.79. The molecule has 1 aliphatic heterocycles. The Bertz CT molecular complexity index is 732. The van der Waals surface area contributed by atoms with Crippen LogP contribution in [0.25, 0.3) is 5.69 Å². The van der Waals surface area contributed by atoms with Crippen LogP contribution in [-0.2, 0) is 10.0 Å². The van der Waals surface area contributed by atoms with Crippen LogP contribution in [0.15, 0.2) is 45.8 Å². The third kappa shape index (κ3) is 1.59. The van der Waals surface area contributed by atoms with Crippen molar-refractivity contribution in [3.63, 3.8) is 0 Å². The van der Waals surface area contributed by atoms with Gasteiger partial charge >= 0.3 is 0 Å². The Morgan fingerprint density at radius 2 is 2.06 bits per heavy atom. The molecule has 0 fully saturated rings. The average Bonchev–Trinajstić information content (AvgIpc) is 2.71. The minimum absolute atomic E-state index is 0.121. The summed E-state index contributed by atoms with van der Waals surface area (Å²) in [5.41, 5.74) is 1.28. The van der Waals surface area contributed by atoms with Crippen molar-refractivity contribution in [3.05, 3.63) is 47.2 Å². The van der Waals surface area contributed by atoms with Gasteiger partial charge in [0, 0.05) is 11.2 Å². The predicted molar refractivity (Wildman–Crippen MR) is 65.6 cm³/mol. The number of halogens is 1. The number of benzene rings is 1. The van der Waals surface area contributed by atoms with Gasteiger partial charge in [-0.25, -0.2) is 0 Å². The number of aromatic nitrogens is 1. The van der Waals surface area contributed by atoms with E-state index in [0.29, 0.717) is 10.7 Å². The summed E-state index contributed by atoms with van der Waals surface area (Å²) in [4.78, 5) is 0.121. The van der Waals surface area contributed by atoms with Crippen LogP contribution >= 0.6 is 11.6 Å². The van der Waals surface area contributed by atoms with Gasteiger partial charge in [0.1, 0.15) is 4.90 Å². The van der Waals surface area contributed by atoms with Gasteiger partial charge in [0.05, 0.1) is 17.6 Å². The van der Waals surface area contributed by atoms with Crippen LogP contribution in [0.1, 0.15) is 5.69 Å². The lowest BCUT2D eigenvalue weighted by Crippen LogP contribution is -2.02. The van der Waals surface area contributed by atoms with E-state index in [2.05, 4.69) is 4.40 Å². The van der Waals surface area contributed by atoms with Crippen molar-refractivity contribution in [2.45, 2.75) is 4.90 Å². The van der Waals surface area contributed by atoms with Crippen LogP contribution in [0.5, 0.6) is 0 Å². The number of hydrogen-bond acceptors (Lipinski definition) is 2. The molecule has 1 aromatic carbocycles. The maximum atomic E-state index is 11.9. The van der Waals surface area contributed by atoms with Crippen molar-refractivity contribution in [1.29, 1.82) is 0 Å². The Labute approximate surface area is 103 Å². The second-order valence-corrected chi connectivity index (χ2v) is 5.66. The normalized spacial score (nSPS) is 16.1. The van der Waals surface area contributed by atoms with Crippen LogP contribution in [0.4, 0.5) is 0 Å². The highest BCUT2D eigenvalue weighted by Gasteiger charge is 2.22. The largest absolute Gasteiger partial charge is 0.314 e. The minimum Gasteiger partial charge on any atom is -0.314 e. The second-order valence-electron chi connectivity index (χ2n) is 3.62. The summed E-state index contributed by atoms with van der Waals surface area (Å²) in [5.74, 6) is 0. The first-order valence-corrected chi connectivity index (χ1v) is 6.67. The van der Waals surface area contributed by atoms with Gasteiger partial charge in [-0.05, 0) is 30.3 Å². The zero-order valence-electron chi connectivity index (χ0n) is 8.54. The van der Waals surface area contributed by atoms with Crippen molar-refractivity contribution in [3.8, 4) is 5.69 Å². The van der Waals surface area contributed by atoms with Gasteiger partial charge in [-0.2, -0.15) is 12.8 Å². The number of fused-ring (bicyclic) bond motifs is 3. The fraction of sp³-hybridized carbons (Fsp3) is 0. The molecule has 1 aliphatic rings. The number of hydrogen-bond donors (Lipinski definition) is 0. The minimum atomic E-state index is -3.67. The molecular weight excluding hydrogens is 260 g/mol. The molecule has 0 spiro atoms. The molecule has 0 N–H and O–H groups in total. The topological polar surface area (TPSA) is 51.4 Å².